The Hall–Kier alpha value is -2.41. The number of fused-ring (bicyclic) bond motifs is 1. The van der Waals surface area contributed by atoms with Crippen molar-refractivity contribution in [2.24, 2.45) is 5.73 Å². The number of aromatic nitrogens is 2. The molecule has 0 radical (unpaired) electrons. The lowest BCUT2D eigenvalue weighted by molar-refractivity contribution is -0.121. The number of carbonyl (C=O) groups is 2. The van der Waals surface area contributed by atoms with Gasteiger partial charge in [-0.15, -0.1) is 0 Å². The SMILES string of the molecule is CCCCC(CN)NC(=O)CCNC(=O)c1n[nH]c2ccccc12. The van der Waals surface area contributed by atoms with Gasteiger partial charge in [0.15, 0.2) is 5.69 Å². The third-order valence-electron chi connectivity index (χ3n) is 3.88. The number of benzene rings is 1. The summed E-state index contributed by atoms with van der Waals surface area (Å²) in [5.41, 5.74) is 6.81. The first-order valence-electron chi connectivity index (χ1n) is 8.36. The van der Waals surface area contributed by atoms with Gasteiger partial charge in [0.05, 0.1) is 5.52 Å². The van der Waals surface area contributed by atoms with Crippen LogP contribution in [0.1, 0.15) is 43.1 Å². The maximum Gasteiger partial charge on any atom is 0.272 e. The number of nitrogens with one attached hydrogen (secondary N) is 3. The van der Waals surface area contributed by atoms with Gasteiger partial charge in [-0.3, -0.25) is 14.7 Å². The predicted octanol–water partition coefficient (Wildman–Crippen LogP) is 1.32. The van der Waals surface area contributed by atoms with Gasteiger partial charge < -0.3 is 16.4 Å². The molecule has 5 N–H and O–H groups in total. The number of amides is 2. The smallest absolute Gasteiger partial charge is 0.272 e. The molecule has 0 aliphatic carbocycles. The van der Waals surface area contributed by atoms with Crippen LogP contribution in [0, 0.1) is 0 Å². The minimum absolute atomic E-state index is 0.00318. The number of unbranched alkanes of at least 4 members (excludes halogenated alkanes) is 1. The number of carbonyl (C=O) groups excluding carboxylic acids is 2. The maximum atomic E-state index is 12.2. The van der Waals surface area contributed by atoms with E-state index in [-0.39, 0.29) is 30.8 Å². The third-order valence-corrected chi connectivity index (χ3v) is 3.88. The van der Waals surface area contributed by atoms with E-state index in [2.05, 4.69) is 27.8 Å². The molecule has 0 aliphatic rings. The number of aromatic amines is 1. The van der Waals surface area contributed by atoms with Crippen LogP contribution in [0.5, 0.6) is 0 Å². The Kier molecular flexibility index (Phi) is 6.74. The fraction of sp³-hybridized carbons (Fsp3) is 0.471. The zero-order valence-electron chi connectivity index (χ0n) is 14.0. The minimum Gasteiger partial charge on any atom is -0.352 e. The number of nitrogens with zero attached hydrogens (tertiary/aromatic N) is 1. The molecule has 2 rings (SSSR count). The topological polar surface area (TPSA) is 113 Å². The van der Waals surface area contributed by atoms with E-state index in [1.54, 1.807) is 0 Å². The third kappa shape index (κ3) is 4.79. The Labute approximate surface area is 141 Å². The Morgan fingerprint density at radius 3 is 2.88 bits per heavy atom. The molecule has 7 heteroatoms. The summed E-state index contributed by atoms with van der Waals surface area (Å²) in [6.07, 6.45) is 3.20. The Balaban J connectivity index is 1.79. The first kappa shape index (κ1) is 17.9. The van der Waals surface area contributed by atoms with E-state index in [4.69, 9.17) is 5.73 Å². The van der Waals surface area contributed by atoms with E-state index in [1.807, 2.05) is 24.3 Å². The second-order valence-corrected chi connectivity index (χ2v) is 5.77. The Morgan fingerprint density at radius 2 is 2.12 bits per heavy atom. The highest BCUT2D eigenvalue weighted by molar-refractivity contribution is 6.04. The van der Waals surface area contributed by atoms with Crippen molar-refractivity contribution in [3.05, 3.63) is 30.0 Å². The molecule has 0 saturated carbocycles. The van der Waals surface area contributed by atoms with Crippen LogP contribution >= 0.6 is 0 Å². The van der Waals surface area contributed by atoms with E-state index < -0.39 is 0 Å². The molecule has 1 unspecified atom stereocenters. The number of hydrogen-bond donors (Lipinski definition) is 4. The molecule has 24 heavy (non-hydrogen) atoms. The van der Waals surface area contributed by atoms with Gasteiger partial charge in [-0.1, -0.05) is 38.0 Å². The molecule has 2 aromatic rings. The highest BCUT2D eigenvalue weighted by Gasteiger charge is 2.14. The van der Waals surface area contributed by atoms with E-state index in [1.165, 1.54) is 0 Å². The average molecular weight is 331 g/mol. The monoisotopic (exact) mass is 331 g/mol. The zero-order chi connectivity index (χ0) is 17.4. The molecule has 0 fully saturated rings. The van der Waals surface area contributed by atoms with Crippen molar-refractivity contribution in [2.45, 2.75) is 38.6 Å². The standard InChI is InChI=1S/C17H25N5O2/c1-2-3-6-12(11-18)20-15(23)9-10-19-17(24)16-13-7-4-5-8-14(13)21-22-16/h4-5,7-8,12H,2-3,6,9-11,18H2,1H3,(H,19,24)(H,20,23)(H,21,22). The number of H-pyrrole nitrogens is 1. The van der Waals surface area contributed by atoms with E-state index in [0.29, 0.717) is 12.2 Å². The highest BCUT2D eigenvalue weighted by Crippen LogP contribution is 2.14. The number of para-hydroxylation sites is 1. The molecule has 0 aliphatic heterocycles. The van der Waals surface area contributed by atoms with Crippen molar-refractivity contribution in [1.82, 2.24) is 20.8 Å². The van der Waals surface area contributed by atoms with Crippen LogP contribution in [0.25, 0.3) is 10.9 Å². The summed E-state index contributed by atoms with van der Waals surface area (Å²) in [6.45, 7) is 2.79. The molecule has 1 atom stereocenters. The van der Waals surface area contributed by atoms with Gasteiger partial charge >= 0.3 is 0 Å². The molecule has 7 nitrogen and oxygen atoms in total. The van der Waals surface area contributed by atoms with Crippen molar-refractivity contribution in [1.29, 1.82) is 0 Å². The van der Waals surface area contributed by atoms with Crippen molar-refractivity contribution in [3.63, 3.8) is 0 Å². The lowest BCUT2D eigenvalue weighted by Crippen LogP contribution is -2.41. The van der Waals surface area contributed by atoms with Crippen LogP contribution < -0.4 is 16.4 Å². The number of nitrogens with two attached hydrogens (primary N) is 1. The second-order valence-electron chi connectivity index (χ2n) is 5.77. The molecule has 1 aromatic carbocycles. The van der Waals surface area contributed by atoms with Gasteiger partial charge in [0.2, 0.25) is 5.91 Å². The largest absolute Gasteiger partial charge is 0.352 e. The van der Waals surface area contributed by atoms with Crippen molar-refractivity contribution < 1.29 is 9.59 Å². The van der Waals surface area contributed by atoms with Crippen LogP contribution in [-0.2, 0) is 4.79 Å². The molecular formula is C17H25N5O2. The van der Waals surface area contributed by atoms with Gasteiger partial charge in [0.25, 0.3) is 5.91 Å². The summed E-state index contributed by atoms with van der Waals surface area (Å²) >= 11 is 0. The molecule has 1 heterocycles. The van der Waals surface area contributed by atoms with Crippen LogP contribution in [0.2, 0.25) is 0 Å². The molecular weight excluding hydrogens is 306 g/mol. The van der Waals surface area contributed by atoms with Crippen LogP contribution in [0.4, 0.5) is 0 Å². The fourth-order valence-corrected chi connectivity index (χ4v) is 2.51. The summed E-state index contributed by atoms with van der Waals surface area (Å²) in [6, 6.07) is 7.42. The highest BCUT2D eigenvalue weighted by atomic mass is 16.2. The summed E-state index contributed by atoms with van der Waals surface area (Å²) in [7, 11) is 0. The predicted molar refractivity (Wildman–Crippen MR) is 93.6 cm³/mol. The molecule has 0 spiro atoms. The van der Waals surface area contributed by atoms with E-state index >= 15 is 0 Å². The van der Waals surface area contributed by atoms with Crippen LogP contribution in [0.3, 0.4) is 0 Å². The zero-order valence-corrected chi connectivity index (χ0v) is 14.0. The molecule has 0 saturated heterocycles. The van der Waals surface area contributed by atoms with Gasteiger partial charge in [0.1, 0.15) is 0 Å². The first-order valence-corrected chi connectivity index (χ1v) is 8.36. The van der Waals surface area contributed by atoms with Crippen LogP contribution in [-0.4, -0.2) is 41.1 Å². The second kappa shape index (κ2) is 9.02. The van der Waals surface area contributed by atoms with Crippen LogP contribution in [0.15, 0.2) is 24.3 Å². The summed E-state index contributed by atoms with van der Waals surface area (Å²) in [5, 5.41) is 13.2. The molecule has 0 bridgehead atoms. The van der Waals surface area contributed by atoms with Crippen molar-refractivity contribution in [3.8, 4) is 0 Å². The van der Waals surface area contributed by atoms with Crippen molar-refractivity contribution in [2.75, 3.05) is 13.1 Å². The summed E-state index contributed by atoms with van der Waals surface area (Å²) in [4.78, 5) is 24.1. The van der Waals surface area contributed by atoms with Gasteiger partial charge in [0, 0.05) is 30.9 Å². The fourth-order valence-electron chi connectivity index (χ4n) is 2.51. The van der Waals surface area contributed by atoms with E-state index in [9.17, 15) is 9.59 Å². The molecule has 1 aromatic heterocycles. The van der Waals surface area contributed by atoms with Gasteiger partial charge in [-0.25, -0.2) is 0 Å². The average Bonchev–Trinajstić information content (AvgIpc) is 3.02. The van der Waals surface area contributed by atoms with Gasteiger partial charge in [-0.05, 0) is 12.5 Å². The van der Waals surface area contributed by atoms with Crippen molar-refractivity contribution >= 4 is 22.7 Å². The lowest BCUT2D eigenvalue weighted by atomic mass is 10.1. The summed E-state index contributed by atoms with van der Waals surface area (Å²) < 4.78 is 0. The normalized spacial score (nSPS) is 12.1. The van der Waals surface area contributed by atoms with Gasteiger partial charge in [-0.2, -0.15) is 5.10 Å². The summed E-state index contributed by atoms with van der Waals surface area (Å²) in [5.74, 6) is -0.393. The molecule has 130 valence electrons. The number of rotatable bonds is 9. The molecule has 2 amide bonds. The quantitative estimate of drug-likeness (QED) is 0.555. The first-order chi connectivity index (χ1) is 11.7. The minimum atomic E-state index is -0.290. The Bertz CT molecular complexity index is 682. The van der Waals surface area contributed by atoms with E-state index in [0.717, 1.165) is 30.2 Å². The number of hydrogen-bond acceptors (Lipinski definition) is 4. The Morgan fingerprint density at radius 1 is 1.33 bits per heavy atom. The lowest BCUT2D eigenvalue weighted by Gasteiger charge is -2.16. The maximum absolute atomic E-state index is 12.2.